The summed E-state index contributed by atoms with van der Waals surface area (Å²) in [4.78, 5) is 7.39. The van der Waals surface area contributed by atoms with Crippen molar-refractivity contribution < 1.29 is 8.42 Å². The quantitative estimate of drug-likeness (QED) is 0.380. The number of nitrogens with two attached hydrogens (primary N) is 1. The lowest BCUT2D eigenvalue weighted by atomic mass is 10.4. The number of rotatable bonds is 2. The number of hydrazine groups is 1. The van der Waals surface area contributed by atoms with Crippen molar-refractivity contribution in [2.45, 2.75) is 12.1 Å². The lowest BCUT2D eigenvalue weighted by Gasteiger charge is -2.03. The van der Waals surface area contributed by atoms with Crippen LogP contribution in [-0.4, -0.2) is 24.6 Å². The van der Waals surface area contributed by atoms with E-state index in [4.69, 9.17) is 5.84 Å². The summed E-state index contributed by atoms with van der Waals surface area (Å²) in [5.74, 6) is 5.44. The minimum absolute atomic E-state index is 0.231. The van der Waals surface area contributed by atoms with E-state index in [-0.39, 0.29) is 5.16 Å². The van der Waals surface area contributed by atoms with Gasteiger partial charge in [0.25, 0.3) is 0 Å². The van der Waals surface area contributed by atoms with Crippen molar-refractivity contribution in [3.63, 3.8) is 0 Å². The van der Waals surface area contributed by atoms with Crippen molar-refractivity contribution in [1.82, 2.24) is 9.97 Å². The number of aryl methyl sites for hydroxylation is 1. The Morgan fingerprint density at radius 2 is 2.15 bits per heavy atom. The number of hydrogen-bond donors (Lipinski definition) is 2. The highest BCUT2D eigenvalue weighted by Crippen LogP contribution is 2.10. The SMILES string of the molecule is Cc1cnc(S(C)(=O)=O)nc1NN. The zero-order valence-corrected chi connectivity index (χ0v) is 8.09. The first kappa shape index (κ1) is 9.87. The molecule has 0 aliphatic heterocycles. The summed E-state index contributed by atoms with van der Waals surface area (Å²) in [6.07, 6.45) is 2.44. The molecule has 0 saturated carbocycles. The van der Waals surface area contributed by atoms with E-state index in [9.17, 15) is 8.42 Å². The highest BCUT2D eigenvalue weighted by molar-refractivity contribution is 7.90. The molecule has 1 aromatic heterocycles. The van der Waals surface area contributed by atoms with Crippen LogP contribution in [0.5, 0.6) is 0 Å². The Balaban J connectivity index is 3.30. The fourth-order valence-electron chi connectivity index (χ4n) is 0.751. The van der Waals surface area contributed by atoms with E-state index >= 15 is 0 Å². The van der Waals surface area contributed by atoms with Gasteiger partial charge < -0.3 is 5.43 Å². The minimum atomic E-state index is -3.37. The molecule has 0 aromatic carbocycles. The summed E-state index contributed by atoms with van der Waals surface area (Å²) >= 11 is 0. The van der Waals surface area contributed by atoms with Gasteiger partial charge in [-0.25, -0.2) is 19.2 Å². The van der Waals surface area contributed by atoms with Gasteiger partial charge in [0.05, 0.1) is 0 Å². The van der Waals surface area contributed by atoms with Crippen molar-refractivity contribution >= 4 is 15.7 Å². The number of nitrogen functional groups attached to an aromatic ring is 1. The van der Waals surface area contributed by atoms with Crippen LogP contribution in [0.2, 0.25) is 0 Å². The molecule has 1 aromatic rings. The van der Waals surface area contributed by atoms with Crippen LogP contribution in [0.1, 0.15) is 5.56 Å². The minimum Gasteiger partial charge on any atom is -0.308 e. The molecule has 7 heteroatoms. The molecule has 72 valence electrons. The molecular weight excluding hydrogens is 192 g/mol. The molecule has 0 fully saturated rings. The molecule has 0 amide bonds. The molecule has 3 N–H and O–H groups in total. The Labute approximate surface area is 76.1 Å². The number of sulfone groups is 1. The van der Waals surface area contributed by atoms with Gasteiger partial charge in [-0.15, -0.1) is 0 Å². The molecule has 0 saturated heterocycles. The molecule has 0 atom stereocenters. The van der Waals surface area contributed by atoms with Gasteiger partial charge in [-0.1, -0.05) is 0 Å². The van der Waals surface area contributed by atoms with Crippen molar-refractivity contribution in [2.75, 3.05) is 11.7 Å². The fraction of sp³-hybridized carbons (Fsp3) is 0.333. The van der Waals surface area contributed by atoms with E-state index in [0.717, 1.165) is 6.26 Å². The van der Waals surface area contributed by atoms with Crippen molar-refractivity contribution in [3.05, 3.63) is 11.8 Å². The Hall–Kier alpha value is -1.21. The lowest BCUT2D eigenvalue weighted by Crippen LogP contribution is -2.13. The number of hydrogen-bond acceptors (Lipinski definition) is 6. The Bertz CT molecular complexity index is 415. The maximum absolute atomic E-state index is 11.0. The standard InChI is InChI=1S/C6H10N4O2S/c1-4-3-8-6(13(2,11)12)9-5(4)10-7/h3H,7H2,1-2H3,(H,8,9,10). The topological polar surface area (TPSA) is 98.0 Å². The van der Waals surface area contributed by atoms with Crippen LogP contribution < -0.4 is 11.3 Å². The highest BCUT2D eigenvalue weighted by Gasteiger charge is 2.12. The van der Waals surface area contributed by atoms with Crippen molar-refractivity contribution in [1.29, 1.82) is 0 Å². The van der Waals surface area contributed by atoms with Gasteiger partial charge in [-0.05, 0) is 6.92 Å². The third kappa shape index (κ3) is 2.13. The molecule has 1 rings (SSSR count). The number of nitrogens with zero attached hydrogens (tertiary/aromatic N) is 2. The molecule has 0 spiro atoms. The smallest absolute Gasteiger partial charge is 0.248 e. The van der Waals surface area contributed by atoms with Crippen LogP contribution in [-0.2, 0) is 9.84 Å². The van der Waals surface area contributed by atoms with Crippen LogP contribution >= 0.6 is 0 Å². The van der Waals surface area contributed by atoms with Crippen LogP contribution in [0.3, 0.4) is 0 Å². The highest BCUT2D eigenvalue weighted by atomic mass is 32.2. The molecule has 0 aliphatic carbocycles. The molecular formula is C6H10N4O2S. The molecule has 0 bridgehead atoms. The Morgan fingerprint density at radius 1 is 1.54 bits per heavy atom. The second kappa shape index (κ2) is 3.27. The maximum atomic E-state index is 11.0. The summed E-state index contributed by atoms with van der Waals surface area (Å²) in [6, 6.07) is 0. The summed E-state index contributed by atoms with van der Waals surface area (Å²) in [6.45, 7) is 1.72. The van der Waals surface area contributed by atoms with Crippen molar-refractivity contribution in [3.8, 4) is 0 Å². The first-order chi connectivity index (χ1) is 5.95. The Morgan fingerprint density at radius 3 is 2.62 bits per heavy atom. The summed E-state index contributed by atoms with van der Waals surface area (Å²) < 4.78 is 22.0. The number of anilines is 1. The predicted molar refractivity (Wildman–Crippen MR) is 47.7 cm³/mol. The first-order valence-corrected chi connectivity index (χ1v) is 5.34. The first-order valence-electron chi connectivity index (χ1n) is 3.45. The fourth-order valence-corrected chi connectivity index (χ4v) is 1.25. The second-order valence-corrected chi connectivity index (χ2v) is 4.51. The Kier molecular flexibility index (Phi) is 2.48. The van der Waals surface area contributed by atoms with E-state index in [1.54, 1.807) is 6.92 Å². The molecule has 13 heavy (non-hydrogen) atoms. The summed E-state index contributed by atoms with van der Waals surface area (Å²) in [7, 11) is -3.37. The van der Waals surface area contributed by atoms with Gasteiger partial charge in [0.15, 0.2) is 0 Å². The van der Waals surface area contributed by atoms with Gasteiger partial charge in [-0.2, -0.15) is 4.98 Å². The molecule has 1 heterocycles. The summed E-state index contributed by atoms with van der Waals surface area (Å²) in [5, 5.41) is -0.231. The zero-order chi connectivity index (χ0) is 10.1. The van der Waals surface area contributed by atoms with E-state index in [2.05, 4.69) is 15.4 Å². The monoisotopic (exact) mass is 202 g/mol. The van der Waals surface area contributed by atoms with E-state index in [1.807, 2.05) is 0 Å². The normalized spacial score (nSPS) is 11.3. The molecule has 0 radical (unpaired) electrons. The van der Waals surface area contributed by atoms with E-state index in [1.165, 1.54) is 6.20 Å². The molecule has 6 nitrogen and oxygen atoms in total. The third-order valence-electron chi connectivity index (χ3n) is 1.42. The largest absolute Gasteiger partial charge is 0.308 e. The van der Waals surface area contributed by atoms with Crippen LogP contribution in [0, 0.1) is 6.92 Å². The average Bonchev–Trinajstić information content (AvgIpc) is 2.03. The van der Waals surface area contributed by atoms with Gasteiger partial charge in [0, 0.05) is 18.0 Å². The van der Waals surface area contributed by atoms with E-state index < -0.39 is 9.84 Å². The third-order valence-corrected chi connectivity index (χ3v) is 2.28. The lowest BCUT2D eigenvalue weighted by molar-refractivity contribution is 0.593. The number of aromatic nitrogens is 2. The predicted octanol–water partition coefficient (Wildman–Crippen LogP) is -0.526. The van der Waals surface area contributed by atoms with Gasteiger partial charge in [-0.3, -0.25) is 0 Å². The zero-order valence-electron chi connectivity index (χ0n) is 7.27. The van der Waals surface area contributed by atoms with Crippen molar-refractivity contribution in [2.24, 2.45) is 5.84 Å². The number of nitrogens with one attached hydrogen (secondary N) is 1. The van der Waals surface area contributed by atoms with Gasteiger partial charge in [0.1, 0.15) is 5.82 Å². The molecule has 0 aliphatic rings. The van der Waals surface area contributed by atoms with Gasteiger partial charge >= 0.3 is 0 Å². The average molecular weight is 202 g/mol. The van der Waals surface area contributed by atoms with Crippen LogP contribution in [0.25, 0.3) is 0 Å². The van der Waals surface area contributed by atoms with E-state index in [0.29, 0.717) is 11.4 Å². The van der Waals surface area contributed by atoms with Crippen LogP contribution in [0.4, 0.5) is 5.82 Å². The van der Waals surface area contributed by atoms with Gasteiger partial charge in [0.2, 0.25) is 15.0 Å². The second-order valence-electron chi connectivity index (χ2n) is 2.60. The summed E-state index contributed by atoms with van der Waals surface area (Å²) in [5.41, 5.74) is 2.98. The van der Waals surface area contributed by atoms with Crippen LogP contribution in [0.15, 0.2) is 11.4 Å². The maximum Gasteiger partial charge on any atom is 0.248 e. The molecule has 0 unspecified atom stereocenters.